The van der Waals surface area contributed by atoms with E-state index in [1.165, 1.54) is 0 Å². The molecule has 6 nitrogen and oxygen atoms in total. The number of carbonyl (C=O) groups is 2. The molecular weight excluding hydrogens is 272 g/mol. The van der Waals surface area contributed by atoms with Crippen molar-refractivity contribution in [2.24, 2.45) is 5.92 Å². The van der Waals surface area contributed by atoms with E-state index in [0.29, 0.717) is 24.5 Å². The highest BCUT2D eigenvalue weighted by Gasteiger charge is 2.21. The fourth-order valence-corrected chi connectivity index (χ4v) is 1.86. The summed E-state index contributed by atoms with van der Waals surface area (Å²) in [4.78, 5) is 23.0. The first-order valence-corrected chi connectivity index (χ1v) is 6.96. The van der Waals surface area contributed by atoms with Gasteiger partial charge in [-0.15, -0.1) is 0 Å². The molecule has 0 radical (unpaired) electrons. The predicted molar refractivity (Wildman–Crippen MR) is 80.6 cm³/mol. The van der Waals surface area contributed by atoms with Gasteiger partial charge in [-0.25, -0.2) is 9.59 Å². The molecule has 1 aromatic rings. The van der Waals surface area contributed by atoms with Gasteiger partial charge in [-0.3, -0.25) is 0 Å². The summed E-state index contributed by atoms with van der Waals surface area (Å²) in [5.41, 5.74) is 0.505. The van der Waals surface area contributed by atoms with Crippen LogP contribution in [0, 0.1) is 5.92 Å². The van der Waals surface area contributed by atoms with Crippen molar-refractivity contribution in [3.8, 4) is 5.75 Å². The molecule has 0 heterocycles. The van der Waals surface area contributed by atoms with Crippen LogP contribution in [0.5, 0.6) is 5.75 Å². The van der Waals surface area contributed by atoms with Gasteiger partial charge in [0.05, 0.1) is 12.3 Å². The second-order valence-electron chi connectivity index (χ2n) is 5.05. The van der Waals surface area contributed by atoms with Crippen molar-refractivity contribution in [3.63, 3.8) is 0 Å². The van der Waals surface area contributed by atoms with E-state index in [4.69, 9.17) is 9.84 Å². The summed E-state index contributed by atoms with van der Waals surface area (Å²) in [7, 11) is 0. The Balaban J connectivity index is 2.70. The summed E-state index contributed by atoms with van der Waals surface area (Å²) < 4.78 is 5.40. The van der Waals surface area contributed by atoms with Gasteiger partial charge in [-0.05, 0) is 31.4 Å². The number of hydrogen-bond acceptors (Lipinski definition) is 3. The highest BCUT2D eigenvalue weighted by Crippen LogP contribution is 2.23. The number of carbonyl (C=O) groups excluding carboxylic acids is 1. The van der Waals surface area contributed by atoms with E-state index in [0.717, 1.165) is 0 Å². The van der Waals surface area contributed by atoms with Crippen molar-refractivity contribution in [2.45, 2.75) is 33.2 Å². The van der Waals surface area contributed by atoms with E-state index in [1.807, 2.05) is 20.8 Å². The molecule has 0 saturated carbocycles. The lowest BCUT2D eigenvalue weighted by atomic mass is 10.0. The molecule has 2 amide bonds. The third-order valence-electron chi connectivity index (χ3n) is 2.75. The number of para-hydroxylation sites is 2. The van der Waals surface area contributed by atoms with Gasteiger partial charge >= 0.3 is 12.0 Å². The predicted octanol–water partition coefficient (Wildman–Crippen LogP) is 2.71. The van der Waals surface area contributed by atoms with E-state index in [1.54, 1.807) is 24.3 Å². The normalized spacial score (nSPS) is 11.8. The molecule has 0 aliphatic heterocycles. The number of urea groups is 1. The fraction of sp³-hybridized carbons (Fsp3) is 0.467. The van der Waals surface area contributed by atoms with E-state index in [9.17, 15) is 9.59 Å². The van der Waals surface area contributed by atoms with Gasteiger partial charge in [0.1, 0.15) is 11.8 Å². The SMILES string of the molecule is CCOc1ccccc1NC(=O)NC(CC(C)C)C(=O)O. The van der Waals surface area contributed by atoms with Crippen LogP contribution in [0.3, 0.4) is 0 Å². The zero-order chi connectivity index (χ0) is 15.8. The molecule has 0 saturated heterocycles. The van der Waals surface area contributed by atoms with Gasteiger partial charge in [-0.1, -0.05) is 26.0 Å². The maximum atomic E-state index is 11.9. The molecule has 0 bridgehead atoms. The maximum Gasteiger partial charge on any atom is 0.326 e. The van der Waals surface area contributed by atoms with Crippen LogP contribution >= 0.6 is 0 Å². The average molecular weight is 294 g/mol. The third-order valence-corrected chi connectivity index (χ3v) is 2.75. The number of carboxylic acid groups (broad SMARTS) is 1. The van der Waals surface area contributed by atoms with Gasteiger partial charge in [0, 0.05) is 0 Å². The Morgan fingerprint density at radius 3 is 2.52 bits per heavy atom. The summed E-state index contributed by atoms with van der Waals surface area (Å²) in [6.45, 7) is 6.13. The second kappa shape index (κ2) is 8.14. The minimum Gasteiger partial charge on any atom is -0.492 e. The second-order valence-corrected chi connectivity index (χ2v) is 5.05. The van der Waals surface area contributed by atoms with Crippen LogP contribution in [-0.2, 0) is 4.79 Å². The lowest BCUT2D eigenvalue weighted by Crippen LogP contribution is -2.43. The summed E-state index contributed by atoms with van der Waals surface area (Å²) in [5.74, 6) is -0.329. The molecule has 1 atom stereocenters. The van der Waals surface area contributed by atoms with Gasteiger partial charge < -0.3 is 20.5 Å². The molecule has 1 unspecified atom stereocenters. The first-order valence-electron chi connectivity index (χ1n) is 6.96. The Labute approximate surface area is 124 Å². The van der Waals surface area contributed by atoms with E-state index < -0.39 is 18.0 Å². The monoisotopic (exact) mass is 294 g/mol. The van der Waals surface area contributed by atoms with Crippen LogP contribution < -0.4 is 15.4 Å². The Morgan fingerprint density at radius 2 is 1.95 bits per heavy atom. The molecule has 1 aromatic carbocycles. The molecule has 21 heavy (non-hydrogen) atoms. The lowest BCUT2D eigenvalue weighted by Gasteiger charge is -2.17. The van der Waals surface area contributed by atoms with E-state index >= 15 is 0 Å². The Hall–Kier alpha value is -2.24. The summed E-state index contributed by atoms with van der Waals surface area (Å²) in [6, 6.07) is 5.53. The highest BCUT2D eigenvalue weighted by atomic mass is 16.5. The van der Waals surface area contributed by atoms with Crippen LogP contribution in [0.4, 0.5) is 10.5 Å². The van der Waals surface area contributed by atoms with E-state index in [-0.39, 0.29) is 5.92 Å². The summed E-state index contributed by atoms with van der Waals surface area (Å²) in [6.07, 6.45) is 0.371. The van der Waals surface area contributed by atoms with Gasteiger partial charge in [0.2, 0.25) is 0 Å². The molecule has 0 aromatic heterocycles. The Morgan fingerprint density at radius 1 is 1.29 bits per heavy atom. The van der Waals surface area contributed by atoms with Crippen molar-refractivity contribution < 1.29 is 19.4 Å². The molecule has 0 spiro atoms. The zero-order valence-electron chi connectivity index (χ0n) is 12.6. The molecule has 0 fully saturated rings. The standard InChI is InChI=1S/C15H22N2O4/c1-4-21-13-8-6-5-7-11(13)16-15(20)17-12(14(18)19)9-10(2)3/h5-8,10,12H,4,9H2,1-3H3,(H,18,19)(H2,16,17,20). The van der Waals surface area contributed by atoms with Crippen LogP contribution in [0.2, 0.25) is 0 Å². The molecule has 6 heteroatoms. The first kappa shape index (κ1) is 16.8. The Kier molecular flexibility index (Phi) is 6.52. The summed E-state index contributed by atoms with van der Waals surface area (Å²) >= 11 is 0. The Bertz CT molecular complexity index is 488. The lowest BCUT2D eigenvalue weighted by molar-refractivity contribution is -0.139. The highest BCUT2D eigenvalue weighted by molar-refractivity contribution is 5.93. The van der Waals surface area contributed by atoms with Crippen LogP contribution in [-0.4, -0.2) is 29.8 Å². The maximum absolute atomic E-state index is 11.9. The molecular formula is C15H22N2O4. The number of carboxylic acids is 1. The van der Waals surface area contributed by atoms with Crippen LogP contribution in [0.15, 0.2) is 24.3 Å². The third kappa shape index (κ3) is 5.72. The number of benzene rings is 1. The van der Waals surface area contributed by atoms with Crippen molar-refractivity contribution in [1.82, 2.24) is 5.32 Å². The smallest absolute Gasteiger partial charge is 0.326 e. The number of amides is 2. The van der Waals surface area contributed by atoms with Crippen molar-refractivity contribution in [2.75, 3.05) is 11.9 Å². The van der Waals surface area contributed by atoms with Crippen LogP contribution in [0.25, 0.3) is 0 Å². The molecule has 3 N–H and O–H groups in total. The van der Waals surface area contributed by atoms with E-state index in [2.05, 4.69) is 10.6 Å². The molecule has 1 rings (SSSR count). The number of anilines is 1. The number of nitrogens with one attached hydrogen (secondary N) is 2. The largest absolute Gasteiger partial charge is 0.492 e. The van der Waals surface area contributed by atoms with Crippen molar-refractivity contribution in [1.29, 1.82) is 0 Å². The zero-order valence-corrected chi connectivity index (χ0v) is 12.6. The number of aliphatic carboxylic acids is 1. The first-order chi connectivity index (χ1) is 9.93. The molecule has 0 aliphatic carbocycles. The van der Waals surface area contributed by atoms with Gasteiger partial charge in [0.15, 0.2) is 0 Å². The van der Waals surface area contributed by atoms with Crippen LogP contribution in [0.1, 0.15) is 27.2 Å². The topological polar surface area (TPSA) is 87.7 Å². The summed E-state index contributed by atoms with van der Waals surface area (Å²) in [5, 5.41) is 14.2. The minimum atomic E-state index is -1.04. The molecule has 116 valence electrons. The fourth-order valence-electron chi connectivity index (χ4n) is 1.86. The average Bonchev–Trinajstić information content (AvgIpc) is 2.40. The number of ether oxygens (including phenoxy) is 1. The van der Waals surface area contributed by atoms with Gasteiger partial charge in [0.25, 0.3) is 0 Å². The van der Waals surface area contributed by atoms with Crippen molar-refractivity contribution >= 4 is 17.7 Å². The van der Waals surface area contributed by atoms with Crippen molar-refractivity contribution in [3.05, 3.63) is 24.3 Å². The van der Waals surface area contributed by atoms with Gasteiger partial charge in [-0.2, -0.15) is 0 Å². The number of rotatable bonds is 7. The quantitative estimate of drug-likeness (QED) is 0.721. The molecule has 0 aliphatic rings. The minimum absolute atomic E-state index is 0.169. The number of hydrogen-bond donors (Lipinski definition) is 3.